The van der Waals surface area contributed by atoms with Crippen LogP contribution in [0.25, 0.3) is 0 Å². The molecule has 1 unspecified atom stereocenters. The van der Waals surface area contributed by atoms with Crippen molar-refractivity contribution in [2.45, 2.75) is 25.7 Å². The third-order valence-corrected chi connectivity index (χ3v) is 4.34. The lowest BCUT2D eigenvalue weighted by Gasteiger charge is -2.22. The van der Waals surface area contributed by atoms with Crippen molar-refractivity contribution in [3.05, 3.63) is 65.3 Å². The van der Waals surface area contributed by atoms with Gasteiger partial charge in [-0.25, -0.2) is 4.79 Å². The number of aliphatic hydroxyl groups excluding tert-OH is 1. The molecule has 0 fully saturated rings. The zero-order chi connectivity index (χ0) is 18.7. The van der Waals surface area contributed by atoms with E-state index in [0.29, 0.717) is 29.1 Å². The number of esters is 1. The van der Waals surface area contributed by atoms with Crippen molar-refractivity contribution in [3.63, 3.8) is 0 Å². The predicted octanol–water partition coefficient (Wildman–Crippen LogP) is 4.12. The Morgan fingerprint density at radius 1 is 1.23 bits per heavy atom. The summed E-state index contributed by atoms with van der Waals surface area (Å²) in [5.41, 5.74) is 1.25. The summed E-state index contributed by atoms with van der Waals surface area (Å²) in [5, 5.41) is 10.4. The van der Waals surface area contributed by atoms with Crippen molar-refractivity contribution in [3.8, 4) is 0 Å². The van der Waals surface area contributed by atoms with Crippen LogP contribution in [-0.2, 0) is 9.53 Å². The van der Waals surface area contributed by atoms with E-state index in [-0.39, 0.29) is 29.5 Å². The second kappa shape index (κ2) is 7.39. The van der Waals surface area contributed by atoms with Crippen molar-refractivity contribution < 1.29 is 23.8 Å². The third-order valence-electron chi connectivity index (χ3n) is 4.34. The number of hydrogen-bond acceptors (Lipinski definition) is 6. The minimum absolute atomic E-state index is 0.0144. The molecule has 1 N–H and O–H groups in total. The van der Waals surface area contributed by atoms with Gasteiger partial charge in [-0.3, -0.25) is 9.79 Å². The molecule has 1 aliphatic rings. The number of carbonyl (C=O) groups excluding carboxylic acids is 2. The largest absolute Gasteiger partial charge is 0.511 e. The van der Waals surface area contributed by atoms with Crippen molar-refractivity contribution in [2.75, 3.05) is 7.11 Å². The van der Waals surface area contributed by atoms with Gasteiger partial charge in [-0.15, -0.1) is 0 Å². The van der Waals surface area contributed by atoms with Gasteiger partial charge in [-0.05, 0) is 31.2 Å². The van der Waals surface area contributed by atoms with Crippen LogP contribution in [0, 0.1) is 0 Å². The molecule has 0 bridgehead atoms. The molecule has 1 aromatic carbocycles. The Balaban J connectivity index is 1.93. The van der Waals surface area contributed by atoms with E-state index in [9.17, 15) is 14.7 Å². The van der Waals surface area contributed by atoms with Gasteiger partial charge in [0.2, 0.25) is 0 Å². The first-order chi connectivity index (χ1) is 12.5. The maximum atomic E-state index is 12.6. The Morgan fingerprint density at radius 3 is 2.65 bits per heavy atom. The highest BCUT2D eigenvalue weighted by atomic mass is 16.5. The minimum Gasteiger partial charge on any atom is -0.511 e. The molecule has 0 saturated heterocycles. The summed E-state index contributed by atoms with van der Waals surface area (Å²) in [4.78, 5) is 28.8. The van der Waals surface area contributed by atoms with Crippen molar-refractivity contribution in [1.29, 1.82) is 0 Å². The lowest BCUT2D eigenvalue weighted by molar-refractivity contribution is -0.116. The van der Waals surface area contributed by atoms with Gasteiger partial charge in [0.25, 0.3) is 0 Å². The van der Waals surface area contributed by atoms with Crippen LogP contribution in [0.1, 0.15) is 41.8 Å². The smallest absolute Gasteiger partial charge is 0.340 e. The molecule has 6 nitrogen and oxygen atoms in total. The molecule has 0 amide bonds. The predicted molar refractivity (Wildman–Crippen MR) is 95.9 cm³/mol. The molecule has 1 atom stereocenters. The van der Waals surface area contributed by atoms with Crippen molar-refractivity contribution in [1.82, 2.24) is 0 Å². The molecule has 1 aliphatic carbocycles. The molecule has 3 rings (SSSR count). The summed E-state index contributed by atoms with van der Waals surface area (Å²) in [7, 11) is 1.30. The lowest BCUT2D eigenvalue weighted by Crippen LogP contribution is -2.22. The number of ether oxygens (including phenoxy) is 1. The van der Waals surface area contributed by atoms with E-state index in [4.69, 9.17) is 9.15 Å². The molecular formula is C20H19NO5. The number of nitrogens with zero attached hydrogens (tertiary/aromatic N) is 1. The maximum Gasteiger partial charge on any atom is 0.340 e. The van der Waals surface area contributed by atoms with Gasteiger partial charge in [-0.2, -0.15) is 0 Å². The Hall–Kier alpha value is -3.15. The summed E-state index contributed by atoms with van der Waals surface area (Å²) in [5.74, 6) is -0.236. The molecule has 26 heavy (non-hydrogen) atoms. The average Bonchev–Trinajstić information content (AvgIpc) is 3.15. The van der Waals surface area contributed by atoms with Gasteiger partial charge in [0, 0.05) is 18.8 Å². The van der Waals surface area contributed by atoms with Gasteiger partial charge in [-0.1, -0.05) is 12.1 Å². The summed E-state index contributed by atoms with van der Waals surface area (Å²) in [6.07, 6.45) is 2.09. The van der Waals surface area contributed by atoms with E-state index in [1.807, 2.05) is 0 Å². The highest BCUT2D eigenvalue weighted by Gasteiger charge is 2.31. The number of Topliss-reactive ketones (excluding diaryl/α,β-unsaturated/α-hetero) is 1. The van der Waals surface area contributed by atoms with Gasteiger partial charge < -0.3 is 14.3 Å². The van der Waals surface area contributed by atoms with E-state index in [1.165, 1.54) is 7.11 Å². The summed E-state index contributed by atoms with van der Waals surface area (Å²) >= 11 is 0. The number of aliphatic hydroxyl groups is 1. The number of carbonyl (C=O) groups is 2. The molecule has 0 radical (unpaired) electrons. The first-order valence-electron chi connectivity index (χ1n) is 8.23. The van der Waals surface area contributed by atoms with Crippen LogP contribution in [0.2, 0.25) is 0 Å². The Kier molecular flexibility index (Phi) is 5.02. The fourth-order valence-corrected chi connectivity index (χ4v) is 3.12. The van der Waals surface area contributed by atoms with E-state index >= 15 is 0 Å². The first-order valence-corrected chi connectivity index (χ1v) is 8.23. The van der Waals surface area contributed by atoms with Gasteiger partial charge in [0.1, 0.15) is 11.5 Å². The number of para-hydroxylation sites is 1. The molecule has 1 heterocycles. The van der Waals surface area contributed by atoms with Crippen LogP contribution in [0.3, 0.4) is 0 Å². The van der Waals surface area contributed by atoms with Crippen LogP contribution < -0.4 is 0 Å². The molecule has 0 aliphatic heterocycles. The monoisotopic (exact) mass is 353 g/mol. The fraction of sp³-hybridized carbons (Fsp3) is 0.250. The number of furan rings is 1. The molecule has 1 aromatic heterocycles. The SMILES string of the molecule is COC(=O)c1ccccc1N=C(C)C1=C(O)CC(c2ccco2)CC1=O. The molecular weight excluding hydrogens is 334 g/mol. The fourth-order valence-electron chi connectivity index (χ4n) is 3.12. The van der Waals surface area contributed by atoms with E-state index < -0.39 is 5.97 Å². The number of rotatable bonds is 4. The Labute approximate surface area is 150 Å². The van der Waals surface area contributed by atoms with Crippen LogP contribution in [0.4, 0.5) is 5.69 Å². The molecule has 0 spiro atoms. The number of benzene rings is 1. The van der Waals surface area contributed by atoms with E-state index in [0.717, 1.165) is 0 Å². The number of hydrogen-bond donors (Lipinski definition) is 1. The van der Waals surface area contributed by atoms with Crippen LogP contribution in [0.5, 0.6) is 0 Å². The number of methoxy groups -OCH3 is 1. The third kappa shape index (κ3) is 3.44. The highest BCUT2D eigenvalue weighted by molar-refractivity contribution is 6.23. The maximum absolute atomic E-state index is 12.6. The van der Waals surface area contributed by atoms with Gasteiger partial charge >= 0.3 is 5.97 Å². The summed E-state index contributed by atoms with van der Waals surface area (Å²) in [6, 6.07) is 10.3. The summed E-state index contributed by atoms with van der Waals surface area (Å²) in [6.45, 7) is 1.64. The second-order valence-corrected chi connectivity index (χ2v) is 6.07. The number of aliphatic imine (C=N–C) groups is 1. The first kappa shape index (κ1) is 17.7. The average molecular weight is 353 g/mol. The number of ketones is 1. The van der Waals surface area contributed by atoms with Crippen molar-refractivity contribution >= 4 is 23.2 Å². The van der Waals surface area contributed by atoms with Gasteiger partial charge in [0.05, 0.1) is 35.9 Å². The van der Waals surface area contributed by atoms with Gasteiger partial charge in [0.15, 0.2) is 5.78 Å². The normalized spacial score (nSPS) is 18.2. The zero-order valence-corrected chi connectivity index (χ0v) is 14.6. The second-order valence-electron chi connectivity index (χ2n) is 6.07. The molecule has 2 aromatic rings. The Morgan fingerprint density at radius 2 is 2.00 bits per heavy atom. The van der Waals surface area contributed by atoms with Crippen molar-refractivity contribution in [2.24, 2.45) is 4.99 Å². The summed E-state index contributed by atoms with van der Waals surface area (Å²) < 4.78 is 10.1. The minimum atomic E-state index is -0.511. The highest BCUT2D eigenvalue weighted by Crippen LogP contribution is 2.34. The molecule has 0 saturated carbocycles. The van der Waals surface area contributed by atoms with Crippen LogP contribution >= 0.6 is 0 Å². The molecule has 134 valence electrons. The zero-order valence-electron chi connectivity index (χ0n) is 14.6. The Bertz CT molecular complexity index is 893. The van der Waals surface area contributed by atoms with Crippen LogP contribution in [-0.4, -0.2) is 29.7 Å². The number of allylic oxidation sites excluding steroid dienone is 2. The standard InChI is InChI=1S/C20H19NO5/c1-12(21-15-7-4-3-6-14(15)20(24)25-2)19-16(22)10-13(11-17(19)23)18-8-5-9-26-18/h3-9,13,22H,10-11H2,1-2H3. The quantitative estimate of drug-likeness (QED) is 0.660. The van der Waals surface area contributed by atoms with Crippen LogP contribution in [0.15, 0.2) is 63.4 Å². The lowest BCUT2D eigenvalue weighted by atomic mass is 9.84. The topological polar surface area (TPSA) is 89.1 Å². The van der Waals surface area contributed by atoms with E-state index in [2.05, 4.69) is 4.99 Å². The molecule has 6 heteroatoms. The van der Waals surface area contributed by atoms with E-state index in [1.54, 1.807) is 49.6 Å².